The fraction of sp³-hybridized carbons (Fsp3) is 1.00. The van der Waals surface area contributed by atoms with Gasteiger partial charge >= 0.3 is 0 Å². The summed E-state index contributed by atoms with van der Waals surface area (Å²) in [6.07, 6.45) is 6.55. The van der Waals surface area contributed by atoms with Crippen molar-refractivity contribution in [3.8, 4) is 0 Å². The van der Waals surface area contributed by atoms with Gasteiger partial charge in [0.25, 0.3) is 0 Å². The minimum Gasteiger partial charge on any atom is -0.381 e. The van der Waals surface area contributed by atoms with Gasteiger partial charge in [-0.15, -0.1) is 0 Å². The lowest BCUT2D eigenvalue weighted by Gasteiger charge is -2.35. The predicted octanol–water partition coefficient (Wildman–Crippen LogP) is 3.22. The molecule has 1 saturated heterocycles. The molecule has 96 valence electrons. The van der Waals surface area contributed by atoms with Crippen molar-refractivity contribution >= 4 is 0 Å². The monoisotopic (exact) mass is 227 g/mol. The van der Waals surface area contributed by atoms with Crippen LogP contribution in [0.3, 0.4) is 0 Å². The van der Waals surface area contributed by atoms with Crippen molar-refractivity contribution in [2.24, 2.45) is 11.3 Å². The zero-order chi connectivity index (χ0) is 11.9. The Bertz CT molecular complexity index is 178. The molecule has 0 amide bonds. The molecule has 0 aromatic rings. The van der Waals surface area contributed by atoms with Crippen LogP contribution in [0.2, 0.25) is 0 Å². The lowest BCUT2D eigenvalue weighted by atomic mass is 9.75. The van der Waals surface area contributed by atoms with Crippen LogP contribution in [-0.2, 0) is 4.74 Å². The van der Waals surface area contributed by atoms with Gasteiger partial charge in [-0.2, -0.15) is 0 Å². The second-order valence-corrected chi connectivity index (χ2v) is 5.60. The van der Waals surface area contributed by atoms with E-state index in [1.54, 1.807) is 0 Å². The number of hydrogen-bond acceptors (Lipinski definition) is 2. The van der Waals surface area contributed by atoms with Crippen molar-refractivity contribution in [3.63, 3.8) is 0 Å². The van der Waals surface area contributed by atoms with Crippen molar-refractivity contribution in [2.45, 2.75) is 52.9 Å². The summed E-state index contributed by atoms with van der Waals surface area (Å²) in [6.45, 7) is 11.2. The summed E-state index contributed by atoms with van der Waals surface area (Å²) in [5, 5.41) is 3.53. The Hall–Kier alpha value is -0.0800. The number of ether oxygens (including phenoxy) is 1. The van der Waals surface area contributed by atoms with Crippen LogP contribution in [0.25, 0.3) is 0 Å². The third kappa shape index (κ3) is 4.84. The summed E-state index contributed by atoms with van der Waals surface area (Å²) in [4.78, 5) is 0. The summed E-state index contributed by atoms with van der Waals surface area (Å²) >= 11 is 0. The molecule has 16 heavy (non-hydrogen) atoms. The van der Waals surface area contributed by atoms with Crippen molar-refractivity contribution < 1.29 is 4.74 Å². The molecule has 0 aromatic carbocycles. The Labute approximate surface area is 101 Å². The first kappa shape index (κ1) is 14.0. The minimum absolute atomic E-state index is 0.493. The fourth-order valence-electron chi connectivity index (χ4n) is 2.94. The van der Waals surface area contributed by atoms with Crippen LogP contribution in [-0.4, -0.2) is 26.3 Å². The topological polar surface area (TPSA) is 21.3 Å². The molecular formula is C14H29NO. The lowest BCUT2D eigenvalue weighted by molar-refractivity contribution is 0.0474. The molecule has 1 atom stereocenters. The maximum absolute atomic E-state index is 5.44. The van der Waals surface area contributed by atoms with Gasteiger partial charge in [0.15, 0.2) is 0 Å². The molecule has 1 aliphatic heterocycles. The summed E-state index contributed by atoms with van der Waals surface area (Å²) < 4.78 is 5.44. The molecule has 1 heterocycles. The summed E-state index contributed by atoms with van der Waals surface area (Å²) in [6, 6.07) is 0. The van der Waals surface area contributed by atoms with Gasteiger partial charge in [-0.25, -0.2) is 0 Å². The largest absolute Gasteiger partial charge is 0.381 e. The van der Waals surface area contributed by atoms with E-state index in [1.807, 2.05) is 0 Å². The lowest BCUT2D eigenvalue weighted by Crippen LogP contribution is -2.34. The van der Waals surface area contributed by atoms with Crippen LogP contribution >= 0.6 is 0 Å². The van der Waals surface area contributed by atoms with Crippen molar-refractivity contribution in [2.75, 3.05) is 26.3 Å². The highest BCUT2D eigenvalue weighted by Gasteiger charge is 2.27. The molecule has 0 saturated carbocycles. The highest BCUT2D eigenvalue weighted by atomic mass is 16.5. The fourth-order valence-corrected chi connectivity index (χ4v) is 2.94. The maximum atomic E-state index is 5.44. The van der Waals surface area contributed by atoms with Crippen LogP contribution in [0.5, 0.6) is 0 Å². The van der Waals surface area contributed by atoms with E-state index in [0.29, 0.717) is 5.41 Å². The second kappa shape index (κ2) is 7.29. The normalized spacial score (nSPS) is 21.9. The van der Waals surface area contributed by atoms with E-state index in [1.165, 1.54) is 38.6 Å². The molecule has 0 aromatic heterocycles. The Balaban J connectivity index is 2.40. The average Bonchev–Trinajstić information content (AvgIpc) is 2.28. The minimum atomic E-state index is 0.493. The predicted molar refractivity (Wildman–Crippen MR) is 69.7 cm³/mol. The third-order valence-electron chi connectivity index (χ3n) is 3.78. The van der Waals surface area contributed by atoms with E-state index in [4.69, 9.17) is 4.74 Å². The van der Waals surface area contributed by atoms with Gasteiger partial charge in [-0.3, -0.25) is 0 Å². The van der Waals surface area contributed by atoms with Crippen LogP contribution < -0.4 is 5.32 Å². The molecule has 0 aliphatic carbocycles. The van der Waals surface area contributed by atoms with E-state index in [2.05, 4.69) is 26.1 Å². The van der Waals surface area contributed by atoms with Crippen LogP contribution in [0.1, 0.15) is 52.9 Å². The van der Waals surface area contributed by atoms with Gasteiger partial charge in [-0.05, 0) is 43.6 Å². The van der Waals surface area contributed by atoms with Gasteiger partial charge < -0.3 is 10.1 Å². The molecule has 1 unspecified atom stereocenters. The van der Waals surface area contributed by atoms with Crippen LogP contribution in [0.4, 0.5) is 0 Å². The quantitative estimate of drug-likeness (QED) is 0.721. The molecular weight excluding hydrogens is 198 g/mol. The Kier molecular flexibility index (Phi) is 6.37. The van der Waals surface area contributed by atoms with E-state index < -0.39 is 0 Å². The third-order valence-corrected chi connectivity index (χ3v) is 3.78. The molecule has 0 radical (unpaired) electrons. The molecule has 0 spiro atoms. The first-order valence-corrected chi connectivity index (χ1v) is 6.98. The first-order chi connectivity index (χ1) is 7.70. The smallest absolute Gasteiger partial charge is 0.0468 e. The Morgan fingerprint density at radius 2 is 1.94 bits per heavy atom. The summed E-state index contributed by atoms with van der Waals surface area (Å²) in [5.74, 6) is 0.893. The molecule has 2 heteroatoms. The van der Waals surface area contributed by atoms with Crippen molar-refractivity contribution in [1.29, 1.82) is 0 Å². The van der Waals surface area contributed by atoms with Crippen LogP contribution in [0.15, 0.2) is 0 Å². The molecule has 1 rings (SSSR count). The summed E-state index contributed by atoms with van der Waals surface area (Å²) in [7, 11) is 0. The zero-order valence-electron chi connectivity index (χ0n) is 11.3. The number of nitrogens with one attached hydrogen (secondary N) is 1. The van der Waals surface area contributed by atoms with E-state index in [0.717, 1.165) is 25.7 Å². The van der Waals surface area contributed by atoms with Crippen LogP contribution in [0, 0.1) is 11.3 Å². The Morgan fingerprint density at radius 1 is 1.25 bits per heavy atom. The van der Waals surface area contributed by atoms with E-state index >= 15 is 0 Å². The SMILES string of the molecule is CCCC(C)(CNCC)CC1CCOCC1. The summed E-state index contributed by atoms with van der Waals surface area (Å²) in [5.41, 5.74) is 0.493. The molecule has 0 bridgehead atoms. The second-order valence-electron chi connectivity index (χ2n) is 5.60. The highest BCUT2D eigenvalue weighted by Crippen LogP contribution is 2.34. The molecule has 1 N–H and O–H groups in total. The van der Waals surface area contributed by atoms with E-state index in [9.17, 15) is 0 Å². The van der Waals surface area contributed by atoms with Crippen molar-refractivity contribution in [3.05, 3.63) is 0 Å². The zero-order valence-corrected chi connectivity index (χ0v) is 11.3. The highest BCUT2D eigenvalue weighted by molar-refractivity contribution is 4.80. The Morgan fingerprint density at radius 3 is 2.50 bits per heavy atom. The standard InChI is InChI=1S/C14H29NO/c1-4-8-14(3,12-15-5-2)11-13-6-9-16-10-7-13/h13,15H,4-12H2,1-3H3. The van der Waals surface area contributed by atoms with Gasteiger partial charge in [0, 0.05) is 19.8 Å². The van der Waals surface area contributed by atoms with Gasteiger partial charge in [-0.1, -0.05) is 27.2 Å². The number of rotatable bonds is 7. The van der Waals surface area contributed by atoms with Gasteiger partial charge in [0.05, 0.1) is 0 Å². The van der Waals surface area contributed by atoms with E-state index in [-0.39, 0.29) is 0 Å². The first-order valence-electron chi connectivity index (χ1n) is 6.98. The molecule has 1 fully saturated rings. The van der Waals surface area contributed by atoms with Gasteiger partial charge in [0.1, 0.15) is 0 Å². The van der Waals surface area contributed by atoms with Crippen molar-refractivity contribution in [1.82, 2.24) is 5.32 Å². The molecule has 2 nitrogen and oxygen atoms in total. The number of hydrogen-bond donors (Lipinski definition) is 1. The maximum Gasteiger partial charge on any atom is 0.0468 e. The average molecular weight is 227 g/mol. The molecule has 1 aliphatic rings. The van der Waals surface area contributed by atoms with Gasteiger partial charge in [0.2, 0.25) is 0 Å².